The van der Waals surface area contributed by atoms with Gasteiger partial charge < -0.3 is 24.3 Å². The predicted octanol–water partition coefficient (Wildman–Crippen LogP) is 3.28. The van der Waals surface area contributed by atoms with Crippen molar-refractivity contribution in [3.8, 4) is 17.2 Å². The quantitative estimate of drug-likeness (QED) is 0.686. The first-order valence-corrected chi connectivity index (χ1v) is 9.61. The van der Waals surface area contributed by atoms with Crippen molar-refractivity contribution in [3.63, 3.8) is 0 Å². The zero-order chi connectivity index (χ0) is 20.6. The molecule has 0 bridgehead atoms. The molecule has 0 aromatic heterocycles. The van der Waals surface area contributed by atoms with E-state index in [9.17, 15) is 9.59 Å². The second kappa shape index (κ2) is 9.82. The van der Waals surface area contributed by atoms with E-state index in [0.29, 0.717) is 30.5 Å². The van der Waals surface area contributed by atoms with Crippen LogP contribution >= 0.6 is 0 Å². The van der Waals surface area contributed by atoms with Gasteiger partial charge in [-0.05, 0) is 24.1 Å². The Morgan fingerprint density at radius 3 is 2.62 bits per heavy atom. The molecule has 3 rings (SSSR count). The zero-order valence-corrected chi connectivity index (χ0v) is 16.6. The first-order valence-electron chi connectivity index (χ1n) is 9.61. The minimum Gasteiger partial charge on any atom is -0.493 e. The minimum atomic E-state index is -0.637. The Morgan fingerprint density at radius 1 is 1.14 bits per heavy atom. The number of carbonyl (C=O) groups excluding carboxylic acids is 2. The molecule has 1 atom stereocenters. The summed E-state index contributed by atoms with van der Waals surface area (Å²) in [5, 5.41) is 2.93. The van der Waals surface area contributed by atoms with E-state index in [0.717, 1.165) is 18.4 Å². The normalized spacial score (nSPS) is 13.3. The highest BCUT2D eigenvalue weighted by Gasteiger charge is 2.22. The maximum Gasteiger partial charge on any atom is 0.338 e. The summed E-state index contributed by atoms with van der Waals surface area (Å²) >= 11 is 0. The monoisotopic (exact) mass is 399 g/mol. The Balaban J connectivity index is 1.62. The smallest absolute Gasteiger partial charge is 0.338 e. The van der Waals surface area contributed by atoms with Gasteiger partial charge in [-0.15, -0.1) is 0 Å². The summed E-state index contributed by atoms with van der Waals surface area (Å²) in [5.74, 6) is 0.260. The highest BCUT2D eigenvalue weighted by Crippen LogP contribution is 2.40. The number of benzene rings is 2. The standard InChI is InChI=1S/C22H25NO6/c1-3-7-17(15-8-5-4-6-9-15)23-20(24)14-29-22(25)16-12-18(26-2)21-19(13-16)27-10-11-28-21/h4-6,8-9,12-13,17H,3,7,10-11,14H2,1-2H3,(H,23,24)/t17-/m1/s1. The topological polar surface area (TPSA) is 83.1 Å². The number of nitrogens with one attached hydrogen (secondary N) is 1. The molecule has 154 valence electrons. The van der Waals surface area contributed by atoms with Crippen molar-refractivity contribution < 1.29 is 28.5 Å². The molecule has 0 radical (unpaired) electrons. The molecule has 29 heavy (non-hydrogen) atoms. The van der Waals surface area contributed by atoms with Crippen molar-refractivity contribution in [1.29, 1.82) is 0 Å². The number of hydrogen-bond acceptors (Lipinski definition) is 6. The lowest BCUT2D eigenvalue weighted by molar-refractivity contribution is -0.125. The summed E-state index contributed by atoms with van der Waals surface area (Å²) in [6.45, 7) is 2.48. The average Bonchev–Trinajstić information content (AvgIpc) is 2.77. The summed E-state index contributed by atoms with van der Waals surface area (Å²) < 4.78 is 21.5. The third-order valence-electron chi connectivity index (χ3n) is 4.51. The molecule has 0 aliphatic carbocycles. The molecule has 0 fully saturated rings. The lowest BCUT2D eigenvalue weighted by Crippen LogP contribution is -2.32. The average molecular weight is 399 g/mol. The summed E-state index contributed by atoms with van der Waals surface area (Å²) in [4.78, 5) is 24.8. The number of esters is 1. The van der Waals surface area contributed by atoms with Crippen molar-refractivity contribution in [3.05, 3.63) is 53.6 Å². The Kier molecular flexibility index (Phi) is 6.94. The van der Waals surface area contributed by atoms with Crippen LogP contribution < -0.4 is 19.5 Å². The van der Waals surface area contributed by atoms with Crippen molar-refractivity contribution in [2.75, 3.05) is 26.9 Å². The van der Waals surface area contributed by atoms with Crippen LogP contribution in [0.15, 0.2) is 42.5 Å². The molecule has 0 unspecified atom stereocenters. The van der Waals surface area contributed by atoms with E-state index in [1.807, 2.05) is 30.3 Å². The Morgan fingerprint density at radius 2 is 1.90 bits per heavy atom. The fraction of sp³-hybridized carbons (Fsp3) is 0.364. The van der Waals surface area contributed by atoms with Gasteiger partial charge in [0.05, 0.1) is 18.7 Å². The lowest BCUT2D eigenvalue weighted by Gasteiger charge is -2.21. The fourth-order valence-corrected chi connectivity index (χ4v) is 3.14. The second-order valence-corrected chi connectivity index (χ2v) is 6.60. The first kappa shape index (κ1) is 20.5. The van der Waals surface area contributed by atoms with Crippen molar-refractivity contribution in [1.82, 2.24) is 5.32 Å². The van der Waals surface area contributed by atoms with Gasteiger partial charge in [0.1, 0.15) is 13.2 Å². The summed E-state index contributed by atoms with van der Waals surface area (Å²) in [7, 11) is 1.48. The maximum atomic E-state index is 12.4. The second-order valence-electron chi connectivity index (χ2n) is 6.60. The molecular weight excluding hydrogens is 374 g/mol. The molecule has 1 aliphatic rings. The van der Waals surface area contributed by atoms with Gasteiger partial charge in [0.25, 0.3) is 5.91 Å². The van der Waals surface area contributed by atoms with Crippen LogP contribution in [0.1, 0.15) is 41.7 Å². The van der Waals surface area contributed by atoms with E-state index in [-0.39, 0.29) is 24.1 Å². The van der Waals surface area contributed by atoms with E-state index in [2.05, 4.69) is 12.2 Å². The maximum absolute atomic E-state index is 12.4. The molecule has 0 saturated carbocycles. The molecule has 0 saturated heterocycles. The van der Waals surface area contributed by atoms with Crippen LogP contribution in [0.2, 0.25) is 0 Å². The Labute approximate surface area is 169 Å². The van der Waals surface area contributed by atoms with Gasteiger partial charge in [-0.3, -0.25) is 4.79 Å². The Hall–Kier alpha value is -3.22. The fourth-order valence-electron chi connectivity index (χ4n) is 3.14. The summed E-state index contributed by atoms with van der Waals surface area (Å²) in [5.41, 5.74) is 1.25. The van der Waals surface area contributed by atoms with Crippen LogP contribution in [0.5, 0.6) is 17.2 Å². The SMILES string of the molecule is CCC[C@@H](NC(=O)COC(=O)c1cc(OC)c2c(c1)OCCO2)c1ccccc1. The largest absolute Gasteiger partial charge is 0.493 e. The molecule has 1 N–H and O–H groups in total. The van der Waals surface area contributed by atoms with Crippen LogP contribution in [0.25, 0.3) is 0 Å². The third-order valence-corrected chi connectivity index (χ3v) is 4.51. The molecule has 7 heteroatoms. The van der Waals surface area contributed by atoms with E-state index >= 15 is 0 Å². The van der Waals surface area contributed by atoms with Gasteiger partial charge in [0, 0.05) is 0 Å². The molecule has 2 aromatic rings. The summed E-state index contributed by atoms with van der Waals surface area (Å²) in [6.07, 6.45) is 1.71. The van der Waals surface area contributed by atoms with Gasteiger partial charge in [-0.1, -0.05) is 43.7 Å². The number of ether oxygens (including phenoxy) is 4. The highest BCUT2D eigenvalue weighted by molar-refractivity contribution is 5.93. The molecule has 7 nitrogen and oxygen atoms in total. The van der Waals surface area contributed by atoms with Crippen LogP contribution in [0.4, 0.5) is 0 Å². The zero-order valence-electron chi connectivity index (χ0n) is 16.6. The van der Waals surface area contributed by atoms with Crippen LogP contribution in [0, 0.1) is 0 Å². The number of carbonyl (C=O) groups is 2. The molecule has 1 heterocycles. The van der Waals surface area contributed by atoms with Gasteiger partial charge in [-0.2, -0.15) is 0 Å². The predicted molar refractivity (Wildman–Crippen MR) is 107 cm³/mol. The van der Waals surface area contributed by atoms with Gasteiger partial charge in [0.2, 0.25) is 5.75 Å². The molecule has 2 aromatic carbocycles. The van der Waals surface area contributed by atoms with E-state index in [1.54, 1.807) is 0 Å². The van der Waals surface area contributed by atoms with Crippen molar-refractivity contribution in [2.24, 2.45) is 0 Å². The van der Waals surface area contributed by atoms with Gasteiger partial charge in [0.15, 0.2) is 18.1 Å². The number of fused-ring (bicyclic) bond motifs is 1. The summed E-state index contributed by atoms with van der Waals surface area (Å²) in [6, 6.07) is 12.6. The molecule has 1 amide bonds. The van der Waals surface area contributed by atoms with Gasteiger partial charge >= 0.3 is 5.97 Å². The van der Waals surface area contributed by atoms with Crippen LogP contribution in [0.3, 0.4) is 0 Å². The van der Waals surface area contributed by atoms with Crippen LogP contribution in [-0.4, -0.2) is 38.8 Å². The minimum absolute atomic E-state index is 0.123. The van der Waals surface area contributed by atoms with E-state index < -0.39 is 5.97 Å². The lowest BCUT2D eigenvalue weighted by atomic mass is 10.0. The van der Waals surface area contributed by atoms with Crippen LogP contribution in [-0.2, 0) is 9.53 Å². The highest BCUT2D eigenvalue weighted by atomic mass is 16.6. The number of rotatable bonds is 8. The number of hydrogen-bond donors (Lipinski definition) is 1. The van der Waals surface area contributed by atoms with Crippen molar-refractivity contribution >= 4 is 11.9 Å². The molecule has 0 spiro atoms. The molecular formula is C22H25NO6. The van der Waals surface area contributed by atoms with E-state index in [1.165, 1.54) is 19.2 Å². The van der Waals surface area contributed by atoms with E-state index in [4.69, 9.17) is 18.9 Å². The number of methoxy groups -OCH3 is 1. The van der Waals surface area contributed by atoms with Crippen molar-refractivity contribution in [2.45, 2.75) is 25.8 Å². The Bertz CT molecular complexity index is 835. The number of amides is 1. The first-order chi connectivity index (χ1) is 14.1. The molecule has 1 aliphatic heterocycles. The third kappa shape index (κ3) is 5.19. The van der Waals surface area contributed by atoms with Gasteiger partial charge in [-0.25, -0.2) is 4.79 Å².